The minimum atomic E-state index is 0.00643. The summed E-state index contributed by atoms with van der Waals surface area (Å²) in [5.74, 6) is 5.66. The Morgan fingerprint density at radius 3 is 2.24 bits per heavy atom. The maximum atomic E-state index is 5.66. The van der Waals surface area contributed by atoms with E-state index in [9.17, 15) is 0 Å². The minimum Gasteiger partial charge on any atom is -0.324 e. The number of hydrogen-bond acceptors (Lipinski definition) is 3. The summed E-state index contributed by atoms with van der Waals surface area (Å²) in [5, 5.41) is 3.43. The molecule has 0 heterocycles. The summed E-state index contributed by atoms with van der Waals surface area (Å²) in [6.07, 6.45) is 0.992. The smallest absolute Gasteiger partial charge is 0.0522 e. The quantitative estimate of drug-likeness (QED) is 0.561. The zero-order chi connectivity index (χ0) is 15.3. The van der Waals surface area contributed by atoms with E-state index in [0.29, 0.717) is 6.04 Å². The standard InChI is InChI=1S/C18H25N3/c1-18(2,15-11-7-8-12-16(15)21-19)13-17(20-3)14-9-5-4-6-10-14/h4-12,17,20-21H,13,19H2,1-3H3. The number of anilines is 1. The highest BCUT2D eigenvalue weighted by atomic mass is 15.2. The van der Waals surface area contributed by atoms with E-state index in [-0.39, 0.29) is 5.41 Å². The van der Waals surface area contributed by atoms with Gasteiger partial charge in [-0.15, -0.1) is 0 Å². The van der Waals surface area contributed by atoms with Crippen LogP contribution in [0.5, 0.6) is 0 Å². The Bertz CT molecular complexity index is 564. The number of hydrogen-bond donors (Lipinski definition) is 3. The van der Waals surface area contributed by atoms with Gasteiger partial charge in [-0.3, -0.25) is 5.84 Å². The van der Waals surface area contributed by atoms with Crippen LogP contribution in [-0.2, 0) is 5.41 Å². The molecule has 0 spiro atoms. The lowest BCUT2D eigenvalue weighted by atomic mass is 9.77. The first-order chi connectivity index (χ1) is 10.1. The second-order valence-electron chi connectivity index (χ2n) is 6.03. The third-order valence-corrected chi connectivity index (χ3v) is 4.08. The molecule has 0 saturated carbocycles. The van der Waals surface area contributed by atoms with Crippen LogP contribution >= 0.6 is 0 Å². The third-order valence-electron chi connectivity index (χ3n) is 4.08. The van der Waals surface area contributed by atoms with Crippen LogP contribution in [0.2, 0.25) is 0 Å². The monoisotopic (exact) mass is 283 g/mol. The number of para-hydroxylation sites is 1. The Labute approximate surface area is 127 Å². The Morgan fingerprint density at radius 1 is 1.00 bits per heavy atom. The lowest BCUT2D eigenvalue weighted by Gasteiger charge is -2.32. The van der Waals surface area contributed by atoms with Gasteiger partial charge in [-0.25, -0.2) is 0 Å². The third kappa shape index (κ3) is 3.63. The number of rotatable bonds is 6. The van der Waals surface area contributed by atoms with Crippen LogP contribution < -0.4 is 16.6 Å². The van der Waals surface area contributed by atoms with E-state index >= 15 is 0 Å². The Kier molecular flexibility index (Phi) is 4.99. The number of nitrogen functional groups attached to an aromatic ring is 1. The molecular formula is C18H25N3. The molecular weight excluding hydrogens is 258 g/mol. The topological polar surface area (TPSA) is 50.1 Å². The number of benzene rings is 2. The van der Waals surface area contributed by atoms with Crippen molar-refractivity contribution in [1.29, 1.82) is 0 Å². The molecule has 2 aromatic carbocycles. The van der Waals surface area contributed by atoms with Crippen LogP contribution in [0.15, 0.2) is 54.6 Å². The second-order valence-corrected chi connectivity index (χ2v) is 6.03. The fourth-order valence-corrected chi connectivity index (χ4v) is 2.89. The van der Waals surface area contributed by atoms with Gasteiger partial charge in [0.2, 0.25) is 0 Å². The molecule has 0 bridgehead atoms. The first kappa shape index (κ1) is 15.5. The fourth-order valence-electron chi connectivity index (χ4n) is 2.89. The molecule has 0 aliphatic heterocycles. The van der Waals surface area contributed by atoms with Gasteiger partial charge in [0.25, 0.3) is 0 Å². The maximum Gasteiger partial charge on any atom is 0.0522 e. The Balaban J connectivity index is 2.27. The van der Waals surface area contributed by atoms with Crippen LogP contribution in [0.25, 0.3) is 0 Å². The number of nitrogens with one attached hydrogen (secondary N) is 2. The lowest BCUT2D eigenvalue weighted by molar-refractivity contribution is 0.396. The van der Waals surface area contributed by atoms with E-state index in [1.807, 2.05) is 19.2 Å². The zero-order valence-electron chi connectivity index (χ0n) is 13.1. The van der Waals surface area contributed by atoms with Crippen molar-refractivity contribution >= 4 is 5.69 Å². The van der Waals surface area contributed by atoms with Crippen molar-refractivity contribution in [1.82, 2.24) is 5.32 Å². The van der Waals surface area contributed by atoms with Gasteiger partial charge in [0, 0.05) is 6.04 Å². The van der Waals surface area contributed by atoms with Gasteiger partial charge in [0.15, 0.2) is 0 Å². The van der Waals surface area contributed by atoms with Gasteiger partial charge in [-0.1, -0.05) is 62.4 Å². The highest BCUT2D eigenvalue weighted by Crippen LogP contribution is 2.36. The van der Waals surface area contributed by atoms with Gasteiger partial charge in [-0.05, 0) is 36.1 Å². The molecule has 1 atom stereocenters. The fraction of sp³-hybridized carbons (Fsp3) is 0.333. The summed E-state index contributed by atoms with van der Waals surface area (Å²) in [6.45, 7) is 4.52. The molecule has 0 amide bonds. The van der Waals surface area contributed by atoms with Crippen molar-refractivity contribution in [2.24, 2.45) is 5.84 Å². The summed E-state index contributed by atoms with van der Waals surface area (Å²) in [4.78, 5) is 0. The van der Waals surface area contributed by atoms with E-state index in [4.69, 9.17) is 5.84 Å². The van der Waals surface area contributed by atoms with E-state index in [1.54, 1.807) is 0 Å². The molecule has 3 nitrogen and oxygen atoms in total. The molecule has 2 aromatic rings. The molecule has 0 aliphatic carbocycles. The molecule has 3 heteroatoms. The van der Waals surface area contributed by atoms with Crippen molar-refractivity contribution in [3.8, 4) is 0 Å². The van der Waals surface area contributed by atoms with Crippen LogP contribution in [-0.4, -0.2) is 7.05 Å². The summed E-state index contributed by atoms with van der Waals surface area (Å²) in [6, 6.07) is 19.1. The molecule has 21 heavy (non-hydrogen) atoms. The predicted molar refractivity (Wildman–Crippen MR) is 90.1 cm³/mol. The average Bonchev–Trinajstić information content (AvgIpc) is 2.53. The van der Waals surface area contributed by atoms with Gasteiger partial charge in [0.1, 0.15) is 0 Å². The van der Waals surface area contributed by atoms with Crippen molar-refractivity contribution in [3.63, 3.8) is 0 Å². The van der Waals surface area contributed by atoms with E-state index < -0.39 is 0 Å². The average molecular weight is 283 g/mol. The van der Waals surface area contributed by atoms with Crippen LogP contribution in [0.4, 0.5) is 5.69 Å². The van der Waals surface area contributed by atoms with Crippen LogP contribution in [0, 0.1) is 0 Å². The zero-order valence-corrected chi connectivity index (χ0v) is 13.1. The second kappa shape index (κ2) is 6.74. The van der Waals surface area contributed by atoms with Crippen molar-refractivity contribution in [3.05, 3.63) is 65.7 Å². The van der Waals surface area contributed by atoms with Gasteiger partial charge < -0.3 is 10.7 Å². The van der Waals surface area contributed by atoms with E-state index in [0.717, 1.165) is 12.1 Å². The summed E-state index contributed by atoms with van der Waals surface area (Å²) >= 11 is 0. The van der Waals surface area contributed by atoms with Crippen molar-refractivity contribution in [2.75, 3.05) is 12.5 Å². The molecule has 1 unspecified atom stereocenters. The molecule has 0 radical (unpaired) electrons. The first-order valence-corrected chi connectivity index (χ1v) is 7.37. The molecule has 0 aromatic heterocycles. The van der Waals surface area contributed by atoms with Gasteiger partial charge >= 0.3 is 0 Å². The highest BCUT2D eigenvalue weighted by Gasteiger charge is 2.27. The Hall–Kier alpha value is -1.84. The van der Waals surface area contributed by atoms with Crippen LogP contribution in [0.1, 0.15) is 37.4 Å². The molecule has 0 fully saturated rings. The van der Waals surface area contributed by atoms with Gasteiger partial charge in [-0.2, -0.15) is 0 Å². The van der Waals surface area contributed by atoms with Gasteiger partial charge in [0.05, 0.1) is 5.69 Å². The summed E-state index contributed by atoms with van der Waals surface area (Å²) in [7, 11) is 2.01. The molecule has 0 aliphatic rings. The SMILES string of the molecule is CNC(CC(C)(C)c1ccccc1NN)c1ccccc1. The molecule has 4 N–H and O–H groups in total. The molecule has 2 rings (SSSR count). The summed E-state index contributed by atoms with van der Waals surface area (Å²) < 4.78 is 0. The normalized spacial score (nSPS) is 13.0. The van der Waals surface area contributed by atoms with Crippen molar-refractivity contribution < 1.29 is 0 Å². The summed E-state index contributed by atoms with van der Waals surface area (Å²) in [5.41, 5.74) is 6.36. The maximum absolute atomic E-state index is 5.66. The minimum absolute atomic E-state index is 0.00643. The number of nitrogens with two attached hydrogens (primary N) is 1. The number of hydrazine groups is 1. The molecule has 112 valence electrons. The molecule has 0 saturated heterocycles. The largest absolute Gasteiger partial charge is 0.324 e. The van der Waals surface area contributed by atoms with Crippen molar-refractivity contribution in [2.45, 2.75) is 31.7 Å². The Morgan fingerprint density at radius 2 is 1.62 bits per heavy atom. The van der Waals surface area contributed by atoms with E-state index in [2.05, 4.69) is 67.1 Å². The first-order valence-electron chi connectivity index (χ1n) is 7.37. The lowest BCUT2D eigenvalue weighted by Crippen LogP contribution is -2.28. The van der Waals surface area contributed by atoms with E-state index in [1.165, 1.54) is 11.1 Å². The van der Waals surface area contributed by atoms with Crippen LogP contribution in [0.3, 0.4) is 0 Å². The predicted octanol–water partition coefficient (Wildman–Crippen LogP) is 3.60. The highest BCUT2D eigenvalue weighted by molar-refractivity contribution is 5.53.